The first-order valence-electron chi connectivity index (χ1n) is 21.7. The van der Waals surface area contributed by atoms with Crippen molar-refractivity contribution in [3.8, 4) is 34.4 Å². The maximum absolute atomic E-state index is 9.03. The third-order valence-electron chi connectivity index (χ3n) is 7.12. The number of nitrogens with zero attached hydrogens (tertiary/aromatic N) is 6. The second kappa shape index (κ2) is 9.71. The maximum atomic E-state index is 9.03. The lowest BCUT2D eigenvalue weighted by molar-refractivity contribution is 0.951. The Morgan fingerprint density at radius 3 is 1.86 bits per heavy atom. The minimum absolute atomic E-state index is 0.0432. The molecule has 44 heavy (non-hydrogen) atoms. The fraction of sp³-hybridized carbons (Fsp3) is 0. The van der Waals surface area contributed by atoms with Gasteiger partial charge in [0.1, 0.15) is 0 Å². The van der Waals surface area contributed by atoms with Crippen molar-refractivity contribution >= 4 is 43.7 Å². The normalized spacial score (nSPS) is 17.0. The van der Waals surface area contributed by atoms with Crippen molar-refractivity contribution in [3.63, 3.8) is 0 Å². The van der Waals surface area contributed by atoms with Crippen LogP contribution in [-0.2, 0) is 0 Å². The Balaban J connectivity index is 1.49. The van der Waals surface area contributed by atoms with Crippen LogP contribution in [0.5, 0.6) is 0 Å². The largest absolute Gasteiger partial charge is 0.307 e. The molecular weight excluding hydrogens is 540 g/mol. The van der Waals surface area contributed by atoms with Gasteiger partial charge in [-0.3, -0.25) is 9.55 Å². The smallest absolute Gasteiger partial charge is 0.238 e. The van der Waals surface area contributed by atoms with Gasteiger partial charge in [0.15, 0.2) is 11.6 Å². The van der Waals surface area contributed by atoms with Crippen molar-refractivity contribution in [2.24, 2.45) is 0 Å². The van der Waals surface area contributed by atoms with E-state index in [1.807, 2.05) is 0 Å². The molecule has 0 fully saturated rings. The van der Waals surface area contributed by atoms with Crippen LogP contribution in [0.15, 0.2) is 145 Å². The second-order valence-electron chi connectivity index (χ2n) is 9.51. The highest BCUT2D eigenvalue weighted by Crippen LogP contribution is 2.36. The highest BCUT2D eigenvalue weighted by atomic mass is 15.2. The minimum Gasteiger partial charge on any atom is -0.307 e. The zero-order valence-electron chi connectivity index (χ0n) is 39.2. The summed E-state index contributed by atoms with van der Waals surface area (Å²) in [4.78, 5) is 18.4. The van der Waals surface area contributed by atoms with Crippen molar-refractivity contribution in [2.45, 2.75) is 0 Å². The van der Waals surface area contributed by atoms with Crippen LogP contribution >= 0.6 is 0 Å². The topological polar surface area (TPSA) is 61.4 Å². The van der Waals surface area contributed by atoms with Crippen LogP contribution in [0.2, 0.25) is 0 Å². The van der Waals surface area contributed by atoms with Gasteiger partial charge in [0.05, 0.1) is 56.6 Å². The molecule has 9 aromatic rings. The number of fused-ring (bicyclic) bond motifs is 6. The summed E-state index contributed by atoms with van der Waals surface area (Å²) in [6.07, 6.45) is 1.47. The molecule has 0 bridgehead atoms. The zero-order valence-corrected chi connectivity index (χ0v) is 22.2. The predicted octanol–water partition coefficient (Wildman–Crippen LogP) is 8.79. The van der Waals surface area contributed by atoms with Crippen molar-refractivity contribution in [3.05, 3.63) is 145 Å². The number of pyridine rings is 1. The van der Waals surface area contributed by atoms with Crippen LogP contribution in [0.1, 0.15) is 23.3 Å². The van der Waals surface area contributed by atoms with E-state index >= 15 is 0 Å². The van der Waals surface area contributed by atoms with E-state index in [0.717, 1.165) is 4.57 Å². The SMILES string of the molecule is [2H]c1c([2H])c([2H])c(-c2nc(-c3ccccc3-n3c4cccnc4c4c([2H])c([2H])c([2H])c([2H])c43)nc(-n3c4c([2H])c([2H])c([2H])c([2H])c4c4c([2H])c([2H])c([2H])c([2H])c43)n2)c([2H])c1[2H]. The molecule has 0 amide bonds. The molecule has 0 saturated carbocycles. The van der Waals surface area contributed by atoms with Gasteiger partial charge >= 0.3 is 0 Å². The Labute approximate surface area is 276 Å². The fourth-order valence-corrected chi connectivity index (χ4v) is 5.32. The molecule has 0 unspecified atom stereocenters. The summed E-state index contributed by atoms with van der Waals surface area (Å²) in [6.45, 7) is 0. The number of hydrogen-bond acceptors (Lipinski definition) is 4. The molecule has 0 radical (unpaired) electrons. The summed E-state index contributed by atoms with van der Waals surface area (Å²) in [5.41, 5.74) is -0.217. The number of rotatable bonds is 4. The molecule has 0 N–H and O–H groups in total. The zero-order chi connectivity index (χ0) is 43.8. The molecule has 206 valence electrons. The predicted molar refractivity (Wildman–Crippen MR) is 177 cm³/mol. The highest BCUT2D eigenvalue weighted by Gasteiger charge is 2.21. The van der Waals surface area contributed by atoms with E-state index in [0.29, 0.717) is 5.52 Å². The lowest BCUT2D eigenvalue weighted by Crippen LogP contribution is -2.07. The van der Waals surface area contributed by atoms with E-state index in [1.165, 1.54) is 10.8 Å². The van der Waals surface area contributed by atoms with Gasteiger partial charge < -0.3 is 4.57 Å². The van der Waals surface area contributed by atoms with Crippen LogP contribution in [0.25, 0.3) is 78.2 Å². The van der Waals surface area contributed by atoms with Crippen LogP contribution in [0.4, 0.5) is 0 Å². The van der Waals surface area contributed by atoms with E-state index in [4.69, 9.17) is 28.3 Å². The molecule has 0 atom stereocenters. The first kappa shape index (κ1) is 13.0. The minimum atomic E-state index is -0.730. The molecule has 6 nitrogen and oxygen atoms in total. The highest BCUT2D eigenvalue weighted by molar-refractivity contribution is 6.09. The Bertz CT molecular complexity index is 3370. The summed E-state index contributed by atoms with van der Waals surface area (Å²) in [7, 11) is 0. The molecule has 0 aliphatic rings. The summed E-state index contributed by atoms with van der Waals surface area (Å²) in [6, 6.07) is -1.08. The molecule has 5 aromatic carbocycles. The average Bonchev–Trinajstić information content (AvgIpc) is 3.81. The van der Waals surface area contributed by atoms with Crippen molar-refractivity contribution in [2.75, 3.05) is 0 Å². The molecule has 4 aromatic heterocycles. The number of para-hydroxylation sites is 4. The van der Waals surface area contributed by atoms with Gasteiger partial charge in [-0.2, -0.15) is 9.97 Å². The Morgan fingerprint density at radius 1 is 0.500 bits per heavy atom. The first-order valence-corrected chi connectivity index (χ1v) is 13.2. The lowest BCUT2D eigenvalue weighted by atomic mass is 10.1. The standard InChI is InChI=1S/C38H24N6/c1-2-13-25(14-3-1)36-40-37(42-38(41-36)44-30-19-8-4-15-26(30)27-16-5-9-20-31(27)44)29-18-7-11-22-33(29)43-32-21-10-6-17-28(32)35-34(43)23-12-24-39-35/h1-24H/i1D,2D,3D,4D,5D,6D,8D,9D,10D,13D,14D,15D,16D,17D,19D,20D,21D. The van der Waals surface area contributed by atoms with Crippen molar-refractivity contribution in [1.29, 1.82) is 0 Å². The van der Waals surface area contributed by atoms with Gasteiger partial charge in [-0.25, -0.2) is 4.98 Å². The van der Waals surface area contributed by atoms with E-state index in [1.54, 1.807) is 36.4 Å². The maximum Gasteiger partial charge on any atom is 0.238 e. The molecule has 0 spiro atoms. The Kier molecular flexibility index (Phi) is 2.87. The summed E-state index contributed by atoms with van der Waals surface area (Å²) in [5, 5.41) is -0.459. The number of hydrogen-bond donors (Lipinski definition) is 0. The second-order valence-corrected chi connectivity index (χ2v) is 9.51. The molecule has 0 aliphatic carbocycles. The number of aromatic nitrogens is 6. The van der Waals surface area contributed by atoms with Gasteiger partial charge in [-0.1, -0.05) is 96.7 Å². The quantitative estimate of drug-likeness (QED) is 0.208. The van der Waals surface area contributed by atoms with Crippen LogP contribution in [0.3, 0.4) is 0 Å². The fourth-order valence-electron chi connectivity index (χ4n) is 5.32. The van der Waals surface area contributed by atoms with Gasteiger partial charge in [-0.15, -0.1) is 0 Å². The molecule has 0 saturated heterocycles. The third-order valence-corrected chi connectivity index (χ3v) is 7.12. The van der Waals surface area contributed by atoms with Crippen molar-refractivity contribution in [1.82, 2.24) is 29.1 Å². The van der Waals surface area contributed by atoms with Crippen LogP contribution < -0.4 is 0 Å². The van der Waals surface area contributed by atoms with Crippen LogP contribution in [0, 0.1) is 0 Å². The molecule has 9 rings (SSSR count). The molecule has 6 heteroatoms. The first-order chi connectivity index (χ1) is 28.9. The summed E-state index contributed by atoms with van der Waals surface area (Å²) >= 11 is 0. The summed E-state index contributed by atoms with van der Waals surface area (Å²) < 4.78 is 150. The van der Waals surface area contributed by atoms with Crippen LogP contribution in [-0.4, -0.2) is 29.1 Å². The van der Waals surface area contributed by atoms with E-state index in [-0.39, 0.29) is 61.3 Å². The molecule has 4 heterocycles. The van der Waals surface area contributed by atoms with E-state index in [9.17, 15) is 0 Å². The van der Waals surface area contributed by atoms with Gasteiger partial charge in [0, 0.05) is 33.5 Å². The molecular formula is C38H24N6. The van der Waals surface area contributed by atoms with E-state index < -0.39 is 114 Å². The monoisotopic (exact) mass is 581 g/mol. The molecule has 0 aliphatic heterocycles. The lowest BCUT2D eigenvalue weighted by Gasteiger charge is -2.15. The van der Waals surface area contributed by atoms with Gasteiger partial charge in [0.2, 0.25) is 5.95 Å². The summed E-state index contributed by atoms with van der Waals surface area (Å²) in [5.74, 6) is -1.32. The number of benzene rings is 5. The average molecular weight is 582 g/mol. The van der Waals surface area contributed by atoms with Crippen molar-refractivity contribution < 1.29 is 23.3 Å². The van der Waals surface area contributed by atoms with Gasteiger partial charge in [0.25, 0.3) is 0 Å². The van der Waals surface area contributed by atoms with Gasteiger partial charge in [-0.05, 0) is 42.4 Å². The Morgan fingerprint density at radius 2 is 1.11 bits per heavy atom. The Hall–Kier alpha value is -6.14. The van der Waals surface area contributed by atoms with E-state index in [2.05, 4.69) is 15.0 Å². The third kappa shape index (κ3) is 3.68.